The van der Waals surface area contributed by atoms with Crippen molar-refractivity contribution in [2.24, 2.45) is 5.92 Å². The van der Waals surface area contributed by atoms with Gasteiger partial charge in [0.2, 0.25) is 0 Å². The molecule has 0 bridgehead atoms. The van der Waals surface area contributed by atoms with Crippen molar-refractivity contribution < 1.29 is 4.74 Å². The van der Waals surface area contributed by atoms with E-state index in [1.165, 1.54) is 19.4 Å². The lowest BCUT2D eigenvalue weighted by molar-refractivity contribution is 0.135. The molecule has 1 aliphatic heterocycles. The topological polar surface area (TPSA) is 29.8 Å². The van der Waals surface area contributed by atoms with Crippen LogP contribution in [-0.4, -0.2) is 40.5 Å². The molecular formula is C15H19BrClN3O. The smallest absolute Gasteiger partial charge is 0.146 e. The fourth-order valence-corrected chi connectivity index (χ4v) is 3.48. The Hall–Kier alpha value is -0.780. The van der Waals surface area contributed by atoms with Crippen molar-refractivity contribution in [1.82, 2.24) is 14.3 Å². The Labute approximate surface area is 138 Å². The summed E-state index contributed by atoms with van der Waals surface area (Å²) in [4.78, 5) is 6.64. The number of halogens is 2. The van der Waals surface area contributed by atoms with Crippen LogP contribution < -0.4 is 4.74 Å². The van der Waals surface area contributed by atoms with Crippen LogP contribution in [-0.2, 0) is 0 Å². The summed E-state index contributed by atoms with van der Waals surface area (Å²) in [7, 11) is 0. The Bertz CT molecular complexity index is 631. The summed E-state index contributed by atoms with van der Waals surface area (Å²) >= 11 is 9.71. The number of piperidine rings is 1. The van der Waals surface area contributed by atoms with Gasteiger partial charge in [-0.15, -0.1) is 0 Å². The second-order valence-corrected chi connectivity index (χ2v) is 6.72. The minimum atomic E-state index is 0.594. The summed E-state index contributed by atoms with van der Waals surface area (Å²) < 4.78 is 8.73. The van der Waals surface area contributed by atoms with E-state index < -0.39 is 0 Å². The number of likely N-dealkylation sites (tertiary alicyclic amines) is 1. The summed E-state index contributed by atoms with van der Waals surface area (Å²) in [5.41, 5.74) is 0.909. The fourth-order valence-electron chi connectivity index (χ4n) is 2.90. The van der Waals surface area contributed by atoms with Gasteiger partial charge in [-0.05, 0) is 47.9 Å². The number of hydrogen-bond donors (Lipinski definition) is 0. The van der Waals surface area contributed by atoms with Crippen molar-refractivity contribution in [2.45, 2.75) is 19.8 Å². The molecule has 2 aromatic rings. The van der Waals surface area contributed by atoms with Crippen molar-refractivity contribution in [3.63, 3.8) is 0 Å². The van der Waals surface area contributed by atoms with Gasteiger partial charge in [0, 0.05) is 12.5 Å². The molecule has 1 fully saturated rings. The van der Waals surface area contributed by atoms with Crippen LogP contribution in [0.3, 0.4) is 0 Å². The van der Waals surface area contributed by atoms with E-state index in [-0.39, 0.29) is 0 Å². The van der Waals surface area contributed by atoms with Crippen LogP contribution in [0, 0.1) is 5.92 Å². The molecule has 0 N–H and O–H groups in total. The van der Waals surface area contributed by atoms with E-state index >= 15 is 0 Å². The highest BCUT2D eigenvalue weighted by Crippen LogP contribution is 2.32. The quantitative estimate of drug-likeness (QED) is 0.763. The summed E-state index contributed by atoms with van der Waals surface area (Å²) in [6.45, 7) is 6.42. The highest BCUT2D eigenvalue weighted by atomic mass is 79.9. The molecule has 4 nitrogen and oxygen atoms in total. The first-order chi connectivity index (χ1) is 10.2. The molecule has 0 radical (unpaired) electrons. The fraction of sp³-hybridized carbons (Fsp3) is 0.533. The maximum atomic E-state index is 6.24. The Morgan fingerprint density at radius 3 is 3.19 bits per heavy atom. The standard InChI is InChI=1S/C15H19BrClN3O/c1-2-19-5-3-4-11(8-19)9-21-14-6-12(16)15(17)20-10-18-7-13(14)20/h6-7,10-11H,2-5,8-9H2,1H3/t11-/m1/s1. The molecule has 2 aromatic heterocycles. The molecule has 0 amide bonds. The lowest BCUT2D eigenvalue weighted by atomic mass is 9.99. The second-order valence-electron chi connectivity index (χ2n) is 5.51. The Morgan fingerprint density at radius 1 is 1.52 bits per heavy atom. The third-order valence-electron chi connectivity index (χ3n) is 4.08. The van der Waals surface area contributed by atoms with Crippen LogP contribution in [0.25, 0.3) is 5.52 Å². The van der Waals surface area contributed by atoms with Crippen LogP contribution in [0.2, 0.25) is 5.15 Å². The lowest BCUT2D eigenvalue weighted by Gasteiger charge is -2.31. The van der Waals surface area contributed by atoms with Crippen molar-refractivity contribution >= 4 is 33.0 Å². The van der Waals surface area contributed by atoms with E-state index in [0.29, 0.717) is 11.1 Å². The van der Waals surface area contributed by atoms with E-state index in [9.17, 15) is 0 Å². The predicted octanol–water partition coefficient (Wildman–Crippen LogP) is 3.86. The zero-order valence-corrected chi connectivity index (χ0v) is 14.4. The normalized spacial score (nSPS) is 20.0. The first kappa shape index (κ1) is 15.1. The van der Waals surface area contributed by atoms with Crippen LogP contribution >= 0.6 is 27.5 Å². The number of pyridine rings is 1. The highest BCUT2D eigenvalue weighted by molar-refractivity contribution is 9.10. The Kier molecular flexibility index (Phi) is 4.72. The van der Waals surface area contributed by atoms with Crippen LogP contribution in [0.5, 0.6) is 5.75 Å². The maximum Gasteiger partial charge on any atom is 0.146 e. The minimum absolute atomic E-state index is 0.594. The van der Waals surface area contributed by atoms with E-state index in [2.05, 4.69) is 32.7 Å². The van der Waals surface area contributed by atoms with Gasteiger partial charge in [0.1, 0.15) is 22.7 Å². The Balaban J connectivity index is 1.73. The van der Waals surface area contributed by atoms with E-state index in [4.69, 9.17) is 16.3 Å². The molecule has 3 rings (SSSR count). The Morgan fingerprint density at radius 2 is 2.38 bits per heavy atom. The van der Waals surface area contributed by atoms with Gasteiger partial charge in [-0.2, -0.15) is 0 Å². The molecular weight excluding hydrogens is 354 g/mol. The maximum absolute atomic E-state index is 6.24. The molecule has 1 saturated heterocycles. The first-order valence-electron chi connectivity index (χ1n) is 7.34. The average molecular weight is 373 g/mol. The zero-order valence-electron chi connectivity index (χ0n) is 12.1. The summed E-state index contributed by atoms with van der Waals surface area (Å²) in [5, 5.41) is 0.615. The first-order valence-corrected chi connectivity index (χ1v) is 8.51. The van der Waals surface area contributed by atoms with Crippen LogP contribution in [0.1, 0.15) is 19.8 Å². The lowest BCUT2D eigenvalue weighted by Crippen LogP contribution is -2.37. The molecule has 6 heteroatoms. The minimum Gasteiger partial charge on any atom is -0.491 e. The third-order valence-corrected chi connectivity index (χ3v) is 5.30. The molecule has 0 aliphatic carbocycles. The summed E-state index contributed by atoms with van der Waals surface area (Å²) in [6, 6.07) is 1.93. The predicted molar refractivity (Wildman–Crippen MR) is 88.2 cm³/mol. The number of aromatic nitrogens is 2. The largest absolute Gasteiger partial charge is 0.491 e. The molecule has 21 heavy (non-hydrogen) atoms. The number of rotatable bonds is 4. The van der Waals surface area contributed by atoms with Gasteiger partial charge in [-0.25, -0.2) is 4.98 Å². The molecule has 114 valence electrons. The van der Waals surface area contributed by atoms with Gasteiger partial charge in [0.25, 0.3) is 0 Å². The van der Waals surface area contributed by atoms with E-state index in [1.807, 2.05) is 10.5 Å². The van der Waals surface area contributed by atoms with Crippen LogP contribution in [0.15, 0.2) is 23.1 Å². The van der Waals surface area contributed by atoms with Gasteiger partial charge in [0.15, 0.2) is 0 Å². The zero-order chi connectivity index (χ0) is 14.8. The molecule has 1 aliphatic rings. The molecule has 0 aromatic carbocycles. The third kappa shape index (κ3) is 3.20. The molecule has 1 atom stereocenters. The van der Waals surface area contributed by atoms with E-state index in [1.54, 1.807) is 12.5 Å². The van der Waals surface area contributed by atoms with Gasteiger partial charge >= 0.3 is 0 Å². The molecule has 0 spiro atoms. The van der Waals surface area contributed by atoms with Crippen molar-refractivity contribution in [3.05, 3.63) is 28.2 Å². The van der Waals surface area contributed by atoms with Gasteiger partial charge in [-0.3, -0.25) is 4.40 Å². The molecule has 0 saturated carbocycles. The number of fused-ring (bicyclic) bond motifs is 1. The monoisotopic (exact) mass is 371 g/mol. The highest BCUT2D eigenvalue weighted by Gasteiger charge is 2.20. The molecule has 0 unspecified atom stereocenters. The number of imidazole rings is 1. The number of ether oxygens (including phenoxy) is 1. The van der Waals surface area contributed by atoms with Gasteiger partial charge < -0.3 is 9.64 Å². The summed E-state index contributed by atoms with van der Waals surface area (Å²) in [6.07, 6.45) is 5.98. The van der Waals surface area contributed by atoms with E-state index in [0.717, 1.165) is 35.4 Å². The number of hydrogen-bond acceptors (Lipinski definition) is 3. The summed E-state index contributed by atoms with van der Waals surface area (Å²) in [5.74, 6) is 1.42. The van der Waals surface area contributed by atoms with Gasteiger partial charge in [-0.1, -0.05) is 18.5 Å². The SMILES string of the molecule is CCN1CCC[C@@H](COc2cc(Br)c(Cl)n3cncc23)C1. The average Bonchev–Trinajstić information content (AvgIpc) is 2.99. The van der Waals surface area contributed by atoms with Crippen molar-refractivity contribution in [2.75, 3.05) is 26.2 Å². The number of nitrogens with zero attached hydrogens (tertiary/aromatic N) is 3. The molecule has 3 heterocycles. The van der Waals surface area contributed by atoms with Crippen LogP contribution in [0.4, 0.5) is 0 Å². The van der Waals surface area contributed by atoms with Crippen molar-refractivity contribution in [1.29, 1.82) is 0 Å². The second kappa shape index (κ2) is 6.55. The van der Waals surface area contributed by atoms with Gasteiger partial charge in [0.05, 0.1) is 17.3 Å². The van der Waals surface area contributed by atoms with Crippen molar-refractivity contribution in [3.8, 4) is 5.75 Å².